The van der Waals surface area contributed by atoms with Crippen molar-refractivity contribution in [1.82, 2.24) is 0 Å². The fraction of sp³-hybridized carbons (Fsp3) is 0. The molecule has 0 fully saturated rings. The van der Waals surface area contributed by atoms with Crippen LogP contribution in [0.4, 0.5) is 11.4 Å². The molecule has 0 bridgehead atoms. The lowest BCUT2D eigenvalue weighted by Crippen LogP contribution is -2.16. The van der Waals surface area contributed by atoms with E-state index in [1.807, 2.05) is 36.4 Å². The number of hydrogen-bond donors (Lipinski definition) is 3. The SMILES string of the molecule is N#C/C(=C/Nc1ccccc1C(N)=O)C(=O)Nc1ccc(Oc2ccccc2)cc1. The number of carbonyl (C=O) groups is 2. The molecule has 0 saturated carbocycles. The second-order valence-electron chi connectivity index (χ2n) is 6.12. The number of nitrogens with two attached hydrogens (primary N) is 1. The minimum Gasteiger partial charge on any atom is -0.457 e. The highest BCUT2D eigenvalue weighted by Crippen LogP contribution is 2.23. The summed E-state index contributed by atoms with van der Waals surface area (Å²) in [4.78, 5) is 23.9. The number of amides is 2. The van der Waals surface area contributed by atoms with Gasteiger partial charge in [0.05, 0.1) is 11.3 Å². The van der Waals surface area contributed by atoms with E-state index >= 15 is 0 Å². The zero-order chi connectivity index (χ0) is 21.3. The molecular weight excluding hydrogens is 380 g/mol. The van der Waals surface area contributed by atoms with Crippen molar-refractivity contribution in [3.63, 3.8) is 0 Å². The molecule has 3 aromatic carbocycles. The van der Waals surface area contributed by atoms with E-state index in [9.17, 15) is 14.9 Å². The average molecular weight is 398 g/mol. The molecule has 3 rings (SSSR count). The molecule has 0 atom stereocenters. The van der Waals surface area contributed by atoms with Crippen molar-refractivity contribution in [3.05, 3.63) is 96.2 Å². The molecule has 4 N–H and O–H groups in total. The van der Waals surface area contributed by atoms with E-state index in [0.717, 1.165) is 0 Å². The molecule has 0 aliphatic heterocycles. The molecule has 0 saturated heterocycles. The highest BCUT2D eigenvalue weighted by Gasteiger charge is 2.11. The number of rotatable bonds is 7. The summed E-state index contributed by atoms with van der Waals surface area (Å²) in [6.07, 6.45) is 1.23. The van der Waals surface area contributed by atoms with Crippen molar-refractivity contribution >= 4 is 23.2 Å². The largest absolute Gasteiger partial charge is 0.457 e. The number of para-hydroxylation sites is 2. The summed E-state index contributed by atoms with van der Waals surface area (Å²) in [6.45, 7) is 0. The Morgan fingerprint density at radius 2 is 1.53 bits per heavy atom. The first-order valence-corrected chi connectivity index (χ1v) is 8.97. The number of ether oxygens (including phenoxy) is 1. The zero-order valence-electron chi connectivity index (χ0n) is 15.8. The van der Waals surface area contributed by atoms with Gasteiger partial charge in [-0.2, -0.15) is 5.26 Å². The van der Waals surface area contributed by atoms with E-state index in [1.54, 1.807) is 48.5 Å². The van der Waals surface area contributed by atoms with Crippen LogP contribution in [0.3, 0.4) is 0 Å². The van der Waals surface area contributed by atoms with Crippen LogP contribution in [-0.4, -0.2) is 11.8 Å². The third-order valence-electron chi connectivity index (χ3n) is 4.02. The molecule has 0 aliphatic rings. The van der Waals surface area contributed by atoms with Gasteiger partial charge in [0.25, 0.3) is 11.8 Å². The number of nitriles is 1. The predicted molar refractivity (Wildman–Crippen MR) is 114 cm³/mol. The molecule has 7 heteroatoms. The Hall–Kier alpha value is -4.57. The van der Waals surface area contributed by atoms with Crippen LogP contribution in [0.5, 0.6) is 11.5 Å². The lowest BCUT2D eigenvalue weighted by molar-refractivity contribution is -0.112. The number of hydrogen-bond acceptors (Lipinski definition) is 5. The van der Waals surface area contributed by atoms with Crippen LogP contribution in [0, 0.1) is 11.3 Å². The first-order valence-electron chi connectivity index (χ1n) is 8.97. The van der Waals surface area contributed by atoms with E-state index in [4.69, 9.17) is 10.5 Å². The fourth-order valence-electron chi connectivity index (χ4n) is 2.55. The molecule has 0 aliphatic carbocycles. The maximum atomic E-state index is 12.4. The Morgan fingerprint density at radius 3 is 2.20 bits per heavy atom. The highest BCUT2D eigenvalue weighted by molar-refractivity contribution is 6.07. The average Bonchev–Trinajstić information content (AvgIpc) is 2.76. The minimum atomic E-state index is -0.618. The maximum Gasteiger partial charge on any atom is 0.267 e. The molecular formula is C23H18N4O3. The van der Waals surface area contributed by atoms with Crippen LogP contribution < -0.4 is 21.1 Å². The Morgan fingerprint density at radius 1 is 0.900 bits per heavy atom. The van der Waals surface area contributed by atoms with Gasteiger partial charge in [-0.15, -0.1) is 0 Å². The summed E-state index contributed by atoms with van der Waals surface area (Å²) in [5.41, 5.74) is 6.30. The first-order chi connectivity index (χ1) is 14.6. The normalized spacial score (nSPS) is 10.6. The number of anilines is 2. The Kier molecular flexibility index (Phi) is 6.44. The summed E-state index contributed by atoms with van der Waals surface area (Å²) < 4.78 is 5.70. The second-order valence-corrected chi connectivity index (χ2v) is 6.12. The lowest BCUT2D eigenvalue weighted by Gasteiger charge is -2.09. The molecule has 0 unspecified atom stereocenters. The molecule has 2 amide bonds. The van der Waals surface area contributed by atoms with Crippen LogP contribution in [0.25, 0.3) is 0 Å². The zero-order valence-corrected chi connectivity index (χ0v) is 15.8. The summed E-state index contributed by atoms with van der Waals surface area (Å²) in [5.74, 6) is 0.0943. The molecule has 0 spiro atoms. The van der Waals surface area contributed by atoms with E-state index in [2.05, 4.69) is 10.6 Å². The number of benzene rings is 3. The Balaban J connectivity index is 1.66. The van der Waals surface area contributed by atoms with Crippen LogP contribution >= 0.6 is 0 Å². The van der Waals surface area contributed by atoms with Gasteiger partial charge in [0, 0.05) is 11.9 Å². The van der Waals surface area contributed by atoms with Gasteiger partial charge in [-0.25, -0.2) is 0 Å². The van der Waals surface area contributed by atoms with Gasteiger partial charge in [0.15, 0.2) is 0 Å². The van der Waals surface area contributed by atoms with Gasteiger partial charge in [-0.05, 0) is 48.5 Å². The summed E-state index contributed by atoms with van der Waals surface area (Å²) in [6, 6.07) is 24.4. The topological polar surface area (TPSA) is 117 Å². The number of carbonyl (C=O) groups excluding carboxylic acids is 2. The van der Waals surface area contributed by atoms with Crippen LogP contribution in [0.1, 0.15) is 10.4 Å². The molecule has 0 aromatic heterocycles. The monoisotopic (exact) mass is 398 g/mol. The van der Waals surface area contributed by atoms with Gasteiger partial charge in [0.1, 0.15) is 23.1 Å². The minimum absolute atomic E-state index is 0.168. The fourth-order valence-corrected chi connectivity index (χ4v) is 2.55. The molecule has 3 aromatic rings. The summed E-state index contributed by atoms with van der Waals surface area (Å²) >= 11 is 0. The number of nitrogens with zero attached hydrogens (tertiary/aromatic N) is 1. The van der Waals surface area contributed by atoms with Crippen molar-refractivity contribution in [2.45, 2.75) is 0 Å². The van der Waals surface area contributed by atoms with E-state index in [0.29, 0.717) is 22.9 Å². The smallest absolute Gasteiger partial charge is 0.267 e. The van der Waals surface area contributed by atoms with Crippen LogP contribution in [0.2, 0.25) is 0 Å². The Labute approximate surface area is 173 Å². The molecule has 30 heavy (non-hydrogen) atoms. The van der Waals surface area contributed by atoms with Gasteiger partial charge < -0.3 is 21.1 Å². The third-order valence-corrected chi connectivity index (χ3v) is 4.02. The lowest BCUT2D eigenvalue weighted by atomic mass is 10.1. The third kappa shape index (κ3) is 5.24. The summed E-state index contributed by atoms with van der Waals surface area (Å²) in [7, 11) is 0. The van der Waals surface area contributed by atoms with Crippen LogP contribution in [-0.2, 0) is 4.79 Å². The van der Waals surface area contributed by atoms with E-state index in [-0.39, 0.29) is 11.1 Å². The first kappa shape index (κ1) is 20.2. The number of primary amides is 1. The quantitative estimate of drug-likeness (QED) is 0.410. The van der Waals surface area contributed by atoms with Gasteiger partial charge in [0.2, 0.25) is 0 Å². The standard InChI is InChI=1S/C23H18N4O3/c24-14-16(15-26-21-9-5-4-8-20(21)22(25)28)23(29)27-17-10-12-19(13-11-17)30-18-6-2-1-3-7-18/h1-13,15,26H,(H2,25,28)(H,27,29)/b16-15-. The van der Waals surface area contributed by atoms with Gasteiger partial charge in [-0.3, -0.25) is 9.59 Å². The van der Waals surface area contributed by atoms with E-state index < -0.39 is 11.8 Å². The van der Waals surface area contributed by atoms with Crippen molar-refractivity contribution in [2.24, 2.45) is 5.73 Å². The maximum absolute atomic E-state index is 12.4. The van der Waals surface area contributed by atoms with Gasteiger partial charge >= 0.3 is 0 Å². The second kappa shape index (κ2) is 9.57. The Bertz CT molecular complexity index is 1120. The van der Waals surface area contributed by atoms with Crippen molar-refractivity contribution in [2.75, 3.05) is 10.6 Å². The predicted octanol–water partition coefficient (Wildman–Crippen LogP) is 4.04. The van der Waals surface area contributed by atoms with E-state index in [1.165, 1.54) is 6.20 Å². The molecule has 0 heterocycles. The number of nitrogens with one attached hydrogen (secondary N) is 2. The highest BCUT2D eigenvalue weighted by atomic mass is 16.5. The van der Waals surface area contributed by atoms with Crippen molar-refractivity contribution < 1.29 is 14.3 Å². The van der Waals surface area contributed by atoms with Crippen LogP contribution in [0.15, 0.2) is 90.6 Å². The molecule has 148 valence electrons. The molecule has 0 radical (unpaired) electrons. The van der Waals surface area contributed by atoms with Crippen molar-refractivity contribution in [1.29, 1.82) is 5.26 Å². The summed E-state index contributed by atoms with van der Waals surface area (Å²) in [5, 5.41) is 14.7. The van der Waals surface area contributed by atoms with Crippen molar-refractivity contribution in [3.8, 4) is 17.6 Å². The molecule has 7 nitrogen and oxygen atoms in total. The van der Waals surface area contributed by atoms with Gasteiger partial charge in [-0.1, -0.05) is 30.3 Å².